The average molecular weight is 488 g/mol. The van der Waals surface area contributed by atoms with Crippen LogP contribution in [0.25, 0.3) is 0 Å². The summed E-state index contributed by atoms with van der Waals surface area (Å²) >= 11 is 0. The second-order valence-electron chi connectivity index (χ2n) is 7.96. The van der Waals surface area contributed by atoms with Gasteiger partial charge in [0.05, 0.1) is 12.5 Å². The molecule has 1 heterocycles. The maximum Gasteiger partial charge on any atom is 0.326 e. The molecule has 1 aliphatic heterocycles. The fourth-order valence-electron chi connectivity index (χ4n) is 3.39. The van der Waals surface area contributed by atoms with E-state index < -0.39 is 66.4 Å². The van der Waals surface area contributed by atoms with Gasteiger partial charge in [0.25, 0.3) is 0 Å². The molecule has 5 atom stereocenters. The molecular weight excluding hydrogens is 454 g/mol. The van der Waals surface area contributed by atoms with Crippen LogP contribution in [-0.2, 0) is 24.0 Å². The number of nitrogens with zero attached hydrogens (tertiary/aromatic N) is 2. The number of likely N-dealkylation sites (tertiary alicyclic amines) is 1. The number of guanidine groups is 1. The largest absolute Gasteiger partial charge is 0.481 e. The van der Waals surface area contributed by atoms with Crippen molar-refractivity contribution in [1.29, 1.82) is 0 Å². The molecule has 11 N–H and O–H groups in total. The number of hydrogen-bond donors (Lipinski definition) is 8. The van der Waals surface area contributed by atoms with Gasteiger partial charge in [0.1, 0.15) is 24.2 Å². The molecule has 192 valence electrons. The third-order valence-corrected chi connectivity index (χ3v) is 5.22. The lowest BCUT2D eigenvalue weighted by Crippen LogP contribution is -2.57. The van der Waals surface area contributed by atoms with Crippen LogP contribution in [0.15, 0.2) is 4.99 Å². The molecule has 0 saturated carbocycles. The zero-order valence-corrected chi connectivity index (χ0v) is 18.8. The summed E-state index contributed by atoms with van der Waals surface area (Å²) in [5, 5.41) is 32.3. The molecule has 15 heteroatoms. The molecule has 1 aliphatic rings. The Balaban J connectivity index is 2.98. The topological polar surface area (TPSA) is 264 Å². The number of nitrogens with one attached hydrogen (secondary N) is 2. The monoisotopic (exact) mass is 487 g/mol. The maximum absolute atomic E-state index is 12.9. The zero-order chi connectivity index (χ0) is 26.0. The predicted molar refractivity (Wildman–Crippen MR) is 118 cm³/mol. The molecular formula is C19H33N7O8. The van der Waals surface area contributed by atoms with Crippen molar-refractivity contribution in [2.75, 3.05) is 13.1 Å². The smallest absolute Gasteiger partial charge is 0.326 e. The van der Waals surface area contributed by atoms with Crippen molar-refractivity contribution >= 4 is 35.6 Å². The fraction of sp³-hybridized carbons (Fsp3) is 0.684. The lowest BCUT2D eigenvalue weighted by atomic mass is 10.1. The maximum atomic E-state index is 12.9. The molecule has 3 amide bonds. The summed E-state index contributed by atoms with van der Waals surface area (Å²) < 4.78 is 0. The molecule has 5 unspecified atom stereocenters. The van der Waals surface area contributed by atoms with E-state index in [-0.39, 0.29) is 31.9 Å². The normalized spacial score (nSPS) is 18.8. The first-order valence-corrected chi connectivity index (χ1v) is 10.7. The van der Waals surface area contributed by atoms with E-state index in [1.165, 1.54) is 11.8 Å². The molecule has 34 heavy (non-hydrogen) atoms. The van der Waals surface area contributed by atoms with Crippen LogP contribution in [0.5, 0.6) is 0 Å². The zero-order valence-electron chi connectivity index (χ0n) is 18.8. The molecule has 0 aromatic rings. The molecule has 0 bridgehead atoms. The minimum Gasteiger partial charge on any atom is -0.481 e. The van der Waals surface area contributed by atoms with E-state index in [1.807, 2.05) is 0 Å². The van der Waals surface area contributed by atoms with Gasteiger partial charge < -0.3 is 48.1 Å². The Labute approximate surface area is 195 Å². The quantitative estimate of drug-likeness (QED) is 0.0710. The van der Waals surface area contributed by atoms with E-state index >= 15 is 0 Å². The van der Waals surface area contributed by atoms with Crippen LogP contribution in [0, 0.1) is 0 Å². The molecule has 0 radical (unpaired) electrons. The number of aliphatic hydroxyl groups is 1. The molecule has 1 saturated heterocycles. The number of aliphatic hydroxyl groups excluding tert-OH is 1. The molecule has 1 rings (SSSR count). The molecule has 0 aliphatic carbocycles. The summed E-state index contributed by atoms with van der Waals surface area (Å²) in [7, 11) is 0. The van der Waals surface area contributed by atoms with E-state index in [1.54, 1.807) is 0 Å². The highest BCUT2D eigenvalue weighted by molar-refractivity contribution is 5.95. The summed E-state index contributed by atoms with van der Waals surface area (Å²) in [6, 6.07) is -5.13. The Morgan fingerprint density at radius 1 is 1.12 bits per heavy atom. The number of aliphatic carboxylic acids is 2. The van der Waals surface area contributed by atoms with Crippen molar-refractivity contribution in [3.8, 4) is 0 Å². The van der Waals surface area contributed by atoms with E-state index in [0.717, 1.165) is 0 Å². The second-order valence-corrected chi connectivity index (χ2v) is 7.96. The Kier molecular flexibility index (Phi) is 11.2. The minimum atomic E-state index is -1.71. The van der Waals surface area contributed by atoms with Gasteiger partial charge in [-0.1, -0.05) is 0 Å². The van der Waals surface area contributed by atoms with Gasteiger partial charge in [-0.25, -0.2) is 4.79 Å². The number of amides is 3. The number of nitrogens with two attached hydrogens (primary N) is 3. The van der Waals surface area contributed by atoms with Crippen LogP contribution in [0.2, 0.25) is 0 Å². The Hall–Kier alpha value is -3.46. The third-order valence-electron chi connectivity index (χ3n) is 5.22. The molecule has 0 spiro atoms. The summed E-state index contributed by atoms with van der Waals surface area (Å²) in [5.41, 5.74) is 16.2. The number of rotatable bonds is 13. The highest BCUT2D eigenvalue weighted by Gasteiger charge is 2.38. The predicted octanol–water partition coefficient (Wildman–Crippen LogP) is -3.73. The lowest BCUT2D eigenvalue weighted by Gasteiger charge is -2.29. The highest BCUT2D eigenvalue weighted by Crippen LogP contribution is 2.19. The number of carbonyl (C=O) groups excluding carboxylic acids is 3. The molecule has 0 aromatic heterocycles. The number of carbonyl (C=O) groups is 5. The van der Waals surface area contributed by atoms with Crippen molar-refractivity contribution in [2.45, 2.75) is 69.3 Å². The standard InChI is InChI=1S/C19H33N7O8/c1-9(27)14(20)17(32)26-7-3-5-12(26)16(31)24-10(4-2-6-23-19(21)22)15(30)25-11(18(33)34)8-13(28)29/h9-12,14,27H,2-8,20H2,1H3,(H,24,31)(H,25,30)(H,28,29)(H,33,34)(H4,21,22,23). The number of carboxylic acids is 2. The second kappa shape index (κ2) is 13.3. The SMILES string of the molecule is CC(O)C(N)C(=O)N1CCCC1C(=O)NC(CCCN=C(N)N)C(=O)NC(CC(=O)O)C(=O)O. The van der Waals surface area contributed by atoms with Crippen LogP contribution in [-0.4, -0.2) is 99.2 Å². The first kappa shape index (κ1) is 28.6. The number of hydrogen-bond acceptors (Lipinski definition) is 8. The Bertz CT molecular complexity index is 800. The van der Waals surface area contributed by atoms with Crippen molar-refractivity contribution < 1.29 is 39.3 Å². The van der Waals surface area contributed by atoms with E-state index in [2.05, 4.69) is 15.6 Å². The summed E-state index contributed by atoms with van der Waals surface area (Å²) in [4.78, 5) is 65.4. The summed E-state index contributed by atoms with van der Waals surface area (Å²) in [5.74, 6) is -5.36. The molecule has 15 nitrogen and oxygen atoms in total. The fourth-order valence-corrected chi connectivity index (χ4v) is 3.39. The first-order chi connectivity index (χ1) is 15.8. The Morgan fingerprint density at radius 3 is 2.29 bits per heavy atom. The minimum absolute atomic E-state index is 0.00161. The third kappa shape index (κ3) is 8.82. The summed E-state index contributed by atoms with van der Waals surface area (Å²) in [6.07, 6.45) is -0.971. The number of carboxylic acid groups (broad SMARTS) is 2. The van der Waals surface area contributed by atoms with Gasteiger partial charge in [-0.2, -0.15) is 0 Å². The van der Waals surface area contributed by atoms with Gasteiger partial charge in [-0.05, 0) is 32.6 Å². The van der Waals surface area contributed by atoms with E-state index in [4.69, 9.17) is 22.3 Å². The van der Waals surface area contributed by atoms with Crippen molar-refractivity contribution in [3.63, 3.8) is 0 Å². The van der Waals surface area contributed by atoms with Gasteiger partial charge in [0, 0.05) is 13.1 Å². The highest BCUT2D eigenvalue weighted by atomic mass is 16.4. The van der Waals surface area contributed by atoms with E-state index in [9.17, 15) is 34.2 Å². The lowest BCUT2D eigenvalue weighted by molar-refractivity contribution is -0.147. The van der Waals surface area contributed by atoms with Gasteiger partial charge in [-0.15, -0.1) is 0 Å². The summed E-state index contributed by atoms with van der Waals surface area (Å²) in [6.45, 7) is 1.70. The van der Waals surface area contributed by atoms with Gasteiger partial charge in [0.2, 0.25) is 17.7 Å². The molecule has 0 aromatic carbocycles. The van der Waals surface area contributed by atoms with Crippen LogP contribution in [0.3, 0.4) is 0 Å². The average Bonchev–Trinajstić information content (AvgIpc) is 3.23. The van der Waals surface area contributed by atoms with E-state index in [0.29, 0.717) is 12.8 Å². The Morgan fingerprint density at radius 2 is 1.76 bits per heavy atom. The molecule has 1 fully saturated rings. The van der Waals surface area contributed by atoms with Crippen LogP contribution in [0.4, 0.5) is 0 Å². The van der Waals surface area contributed by atoms with Crippen molar-refractivity contribution in [3.05, 3.63) is 0 Å². The van der Waals surface area contributed by atoms with Crippen molar-refractivity contribution in [2.24, 2.45) is 22.2 Å². The first-order valence-electron chi connectivity index (χ1n) is 10.7. The van der Waals surface area contributed by atoms with Gasteiger partial charge >= 0.3 is 11.9 Å². The number of aliphatic imine (C=N–C) groups is 1. The van der Waals surface area contributed by atoms with Crippen molar-refractivity contribution in [1.82, 2.24) is 15.5 Å². The van der Waals surface area contributed by atoms with Crippen LogP contribution < -0.4 is 27.8 Å². The van der Waals surface area contributed by atoms with Crippen LogP contribution >= 0.6 is 0 Å². The van der Waals surface area contributed by atoms with Gasteiger partial charge in [0.15, 0.2) is 5.96 Å². The van der Waals surface area contributed by atoms with Crippen LogP contribution in [0.1, 0.15) is 39.0 Å². The van der Waals surface area contributed by atoms with Gasteiger partial charge in [-0.3, -0.25) is 24.2 Å².